The molecule has 2 unspecified atom stereocenters. The average Bonchev–Trinajstić information content (AvgIpc) is 2.74. The van der Waals surface area contributed by atoms with Gasteiger partial charge in [0.05, 0.1) is 12.2 Å². The number of anilines is 1. The van der Waals surface area contributed by atoms with Crippen LogP contribution in [0.2, 0.25) is 0 Å². The highest BCUT2D eigenvalue weighted by Crippen LogP contribution is 2.60. The van der Waals surface area contributed by atoms with Crippen LogP contribution in [0.5, 0.6) is 0 Å². The smallest absolute Gasteiger partial charge is 0.236 e. The summed E-state index contributed by atoms with van der Waals surface area (Å²) in [6, 6.07) is 4.55. The monoisotopic (exact) mass is 480 g/mol. The molecular formula is C23H33FN4O4S. The first kappa shape index (κ1) is 22.9. The molecule has 182 valence electrons. The van der Waals surface area contributed by atoms with Gasteiger partial charge < -0.3 is 11.1 Å². The van der Waals surface area contributed by atoms with Gasteiger partial charge in [-0.2, -0.15) is 4.31 Å². The number of rotatable bonds is 5. The van der Waals surface area contributed by atoms with Crippen LogP contribution in [-0.4, -0.2) is 50.9 Å². The molecule has 0 aromatic heterocycles. The van der Waals surface area contributed by atoms with Crippen molar-refractivity contribution < 1.29 is 23.1 Å². The number of carbonyl (C=O) groups excluding carboxylic acids is 2. The number of amides is 2. The number of nitrogens with zero attached hydrogens (tertiary/aromatic N) is 2. The Bertz CT molecular complexity index is 960. The molecule has 1 saturated heterocycles. The fourth-order valence-electron chi connectivity index (χ4n) is 7.01. The van der Waals surface area contributed by atoms with Crippen molar-refractivity contribution in [2.75, 3.05) is 23.9 Å². The molecule has 1 heterocycles. The van der Waals surface area contributed by atoms with Gasteiger partial charge in [0.15, 0.2) is 0 Å². The summed E-state index contributed by atoms with van der Waals surface area (Å²) >= 11 is 0. The van der Waals surface area contributed by atoms with Crippen molar-refractivity contribution in [3.63, 3.8) is 0 Å². The van der Waals surface area contributed by atoms with Crippen LogP contribution >= 0.6 is 11.0 Å². The Balaban J connectivity index is 1.27. The second kappa shape index (κ2) is 8.11. The quantitative estimate of drug-likeness (QED) is 0.514. The van der Waals surface area contributed by atoms with Gasteiger partial charge in [0.25, 0.3) is 0 Å². The van der Waals surface area contributed by atoms with Gasteiger partial charge in [0.2, 0.25) is 11.8 Å². The minimum absolute atomic E-state index is 0.00494. The van der Waals surface area contributed by atoms with Gasteiger partial charge in [-0.05, 0) is 86.3 Å². The molecule has 8 nitrogen and oxygen atoms in total. The lowest BCUT2D eigenvalue weighted by atomic mass is 9.47. The van der Waals surface area contributed by atoms with Crippen LogP contribution in [0.25, 0.3) is 0 Å². The van der Waals surface area contributed by atoms with Crippen LogP contribution in [0, 0.1) is 35.9 Å². The van der Waals surface area contributed by atoms with Gasteiger partial charge in [0, 0.05) is 30.1 Å². The van der Waals surface area contributed by atoms with Crippen LogP contribution in [-0.2, 0) is 9.59 Å². The van der Waals surface area contributed by atoms with E-state index >= 15 is 0 Å². The van der Waals surface area contributed by atoms with Gasteiger partial charge in [-0.15, -0.1) is 0 Å². The molecule has 4 saturated carbocycles. The van der Waals surface area contributed by atoms with E-state index in [1.54, 1.807) is 19.1 Å². The lowest BCUT2D eigenvalue weighted by Gasteiger charge is -2.59. The van der Waals surface area contributed by atoms with Crippen molar-refractivity contribution in [3.8, 4) is 0 Å². The van der Waals surface area contributed by atoms with Crippen LogP contribution in [0.4, 0.5) is 10.1 Å². The lowest BCUT2D eigenvalue weighted by molar-refractivity contribution is -0.147. The van der Waals surface area contributed by atoms with Crippen LogP contribution < -0.4 is 15.4 Å². The van der Waals surface area contributed by atoms with Gasteiger partial charge in [-0.1, -0.05) is 6.07 Å². The topological polar surface area (TPSA) is 119 Å². The van der Waals surface area contributed by atoms with Gasteiger partial charge in [-0.3, -0.25) is 23.0 Å². The van der Waals surface area contributed by atoms with Gasteiger partial charge in [0.1, 0.15) is 5.82 Å². The molecule has 33 heavy (non-hydrogen) atoms. The molecule has 1 aromatic rings. The molecule has 5 N–H and O–H groups in total. The molecule has 5 aliphatic rings. The summed E-state index contributed by atoms with van der Waals surface area (Å²) < 4.78 is 39.0. The largest absolute Gasteiger partial charge is 0.369 e. The minimum Gasteiger partial charge on any atom is -0.369 e. The first-order valence-electron chi connectivity index (χ1n) is 11.8. The molecule has 10 heteroatoms. The molecule has 0 spiro atoms. The average molecular weight is 481 g/mol. The zero-order valence-electron chi connectivity index (χ0n) is 18.9. The molecule has 4 bridgehead atoms. The van der Waals surface area contributed by atoms with E-state index in [0.29, 0.717) is 36.7 Å². The van der Waals surface area contributed by atoms with Crippen molar-refractivity contribution in [1.82, 2.24) is 9.62 Å². The zero-order chi connectivity index (χ0) is 23.5. The van der Waals surface area contributed by atoms with E-state index < -0.39 is 22.2 Å². The predicted octanol–water partition coefficient (Wildman–Crippen LogP) is 3.02. The highest BCUT2D eigenvalue weighted by molar-refractivity contribution is 8.23. The zero-order valence-corrected chi connectivity index (χ0v) is 19.7. The molecule has 2 atom stereocenters. The number of nitrogens with one attached hydrogen (secondary N) is 1. The number of primary amides is 1. The molecule has 2 amide bonds. The summed E-state index contributed by atoms with van der Waals surface area (Å²) in [4.78, 5) is 25.2. The van der Waals surface area contributed by atoms with Crippen molar-refractivity contribution >= 4 is 28.5 Å². The van der Waals surface area contributed by atoms with E-state index in [1.165, 1.54) is 14.7 Å². The predicted molar refractivity (Wildman–Crippen MR) is 125 cm³/mol. The normalized spacial score (nSPS) is 35.9. The number of benzene rings is 1. The summed E-state index contributed by atoms with van der Waals surface area (Å²) in [5.74, 6) is 0.107. The van der Waals surface area contributed by atoms with Crippen LogP contribution in [0.1, 0.15) is 44.1 Å². The van der Waals surface area contributed by atoms with Crippen LogP contribution in [0.3, 0.4) is 0 Å². The first-order valence-corrected chi connectivity index (χ1v) is 13.2. The van der Waals surface area contributed by atoms with E-state index in [9.17, 15) is 23.1 Å². The Morgan fingerprint density at radius 3 is 2.58 bits per heavy atom. The number of nitrogens with two attached hydrogens (primary N) is 1. The van der Waals surface area contributed by atoms with E-state index in [4.69, 9.17) is 5.73 Å². The Kier molecular flexibility index (Phi) is 5.63. The number of halogens is 1. The SMILES string of the molecule is Cc1c(F)cccc1N1CCCN(CC(=O)NC2C3CC4CC2CC(C(N)=O)(C4)C3)S1(O)O. The highest BCUT2D eigenvalue weighted by Gasteiger charge is 2.58. The number of carbonyl (C=O) groups is 2. The summed E-state index contributed by atoms with van der Waals surface area (Å²) in [5, 5.41) is 3.16. The molecule has 5 fully saturated rings. The van der Waals surface area contributed by atoms with Crippen molar-refractivity contribution in [1.29, 1.82) is 0 Å². The molecule has 6 rings (SSSR count). The number of hydrogen-bond donors (Lipinski definition) is 4. The third-order valence-electron chi connectivity index (χ3n) is 8.36. The van der Waals surface area contributed by atoms with E-state index in [1.807, 2.05) is 0 Å². The molecule has 4 aliphatic carbocycles. The minimum atomic E-state index is -3.46. The Morgan fingerprint density at radius 1 is 1.21 bits per heavy atom. The third-order valence-corrected chi connectivity index (χ3v) is 10.3. The standard InChI is InChI=1S/C23H33FN4O4S/c1-14-18(24)4-2-5-19(14)28-7-3-6-27(33(28,31)32)13-20(29)26-21-16-8-15-9-17(21)12-23(10-15,11-16)22(25)30/h2,4-5,15-17,21,31-32H,3,6-13H2,1H3,(H2,25,30)(H,26,29). The summed E-state index contributed by atoms with van der Waals surface area (Å²) in [6.07, 6.45) is 4.96. The second-order valence-corrected chi connectivity index (χ2v) is 12.3. The van der Waals surface area contributed by atoms with Crippen LogP contribution in [0.15, 0.2) is 18.2 Å². The van der Waals surface area contributed by atoms with E-state index in [2.05, 4.69) is 5.32 Å². The molecule has 1 aliphatic heterocycles. The van der Waals surface area contributed by atoms with Crippen molar-refractivity contribution in [2.45, 2.75) is 51.5 Å². The Morgan fingerprint density at radius 2 is 1.91 bits per heavy atom. The number of hydrogen-bond acceptors (Lipinski definition) is 6. The maximum atomic E-state index is 14.1. The summed E-state index contributed by atoms with van der Waals surface area (Å²) in [7, 11) is -3.46. The fourth-order valence-corrected chi connectivity index (χ4v) is 8.79. The van der Waals surface area contributed by atoms with E-state index in [-0.39, 0.29) is 36.2 Å². The highest BCUT2D eigenvalue weighted by atomic mass is 32.3. The van der Waals surface area contributed by atoms with Crippen molar-refractivity contribution in [2.24, 2.45) is 28.9 Å². The fraction of sp³-hybridized carbons (Fsp3) is 0.652. The molecular weight excluding hydrogens is 447 g/mol. The first-order chi connectivity index (χ1) is 15.6. The maximum absolute atomic E-state index is 14.1. The summed E-state index contributed by atoms with van der Waals surface area (Å²) in [5.41, 5.74) is 6.12. The third kappa shape index (κ3) is 3.80. The Hall–Kier alpha value is -1.88. The summed E-state index contributed by atoms with van der Waals surface area (Å²) in [6.45, 7) is 2.20. The maximum Gasteiger partial charge on any atom is 0.236 e. The Labute approximate surface area is 195 Å². The lowest BCUT2D eigenvalue weighted by Crippen LogP contribution is -2.62. The van der Waals surface area contributed by atoms with Gasteiger partial charge >= 0.3 is 0 Å². The van der Waals surface area contributed by atoms with Gasteiger partial charge in [-0.25, -0.2) is 4.39 Å². The second-order valence-electron chi connectivity index (χ2n) is 10.4. The van der Waals surface area contributed by atoms with Crippen molar-refractivity contribution in [3.05, 3.63) is 29.6 Å². The molecule has 1 aromatic carbocycles. The van der Waals surface area contributed by atoms with E-state index in [0.717, 1.165) is 32.1 Å². The molecule has 0 radical (unpaired) electrons.